The third-order valence-corrected chi connectivity index (χ3v) is 3.43. The summed E-state index contributed by atoms with van der Waals surface area (Å²) in [4.78, 5) is 13.1. The van der Waals surface area contributed by atoms with Crippen LogP contribution in [0.3, 0.4) is 0 Å². The normalized spacial score (nSPS) is 16.7. The van der Waals surface area contributed by atoms with E-state index in [-0.39, 0.29) is 17.9 Å². The van der Waals surface area contributed by atoms with Gasteiger partial charge in [0.2, 0.25) is 0 Å². The van der Waals surface area contributed by atoms with E-state index in [2.05, 4.69) is 5.32 Å². The van der Waals surface area contributed by atoms with Crippen LogP contribution in [0.15, 0.2) is 24.3 Å². The first kappa shape index (κ1) is 15.5. The molecule has 0 bridgehead atoms. The van der Waals surface area contributed by atoms with E-state index in [9.17, 15) is 18.0 Å². The number of piperidine rings is 1. The molecule has 0 aromatic heterocycles. The number of hydrogen-bond acceptors (Lipinski definition) is 2. The zero-order valence-corrected chi connectivity index (χ0v) is 11.6. The molecular formula is C14H17F3N2O2. The third kappa shape index (κ3) is 3.80. The number of nitrogens with zero attached hydrogens (tertiary/aromatic N) is 1. The molecule has 1 aliphatic heterocycles. The number of halogens is 3. The molecule has 2 rings (SSSR count). The number of benzene rings is 1. The summed E-state index contributed by atoms with van der Waals surface area (Å²) in [5.74, 6) is -0.150. The average molecular weight is 302 g/mol. The van der Waals surface area contributed by atoms with E-state index in [1.54, 1.807) is 11.9 Å². The molecular weight excluding hydrogens is 285 g/mol. The number of carbonyl (C=O) groups excluding carboxylic acids is 1. The highest BCUT2D eigenvalue weighted by Gasteiger charge is 2.35. The lowest BCUT2D eigenvalue weighted by Gasteiger charge is -2.32. The van der Waals surface area contributed by atoms with Gasteiger partial charge in [-0.15, -0.1) is 0 Å². The Morgan fingerprint density at radius 1 is 1.29 bits per heavy atom. The number of likely N-dealkylation sites (tertiary alicyclic amines) is 1. The van der Waals surface area contributed by atoms with Crippen LogP contribution in [0.1, 0.15) is 18.4 Å². The maximum absolute atomic E-state index is 12.9. The van der Waals surface area contributed by atoms with E-state index in [1.807, 2.05) is 0 Å². The van der Waals surface area contributed by atoms with Gasteiger partial charge in [0.1, 0.15) is 11.9 Å². The summed E-state index contributed by atoms with van der Waals surface area (Å²) in [7, 11) is 1.55. The molecule has 7 heteroatoms. The summed E-state index contributed by atoms with van der Waals surface area (Å²) in [5.41, 5.74) is -0.765. The van der Waals surface area contributed by atoms with Gasteiger partial charge in [-0.1, -0.05) is 12.1 Å². The molecule has 1 aromatic rings. The summed E-state index contributed by atoms with van der Waals surface area (Å²) in [6, 6.07) is 5.01. The van der Waals surface area contributed by atoms with Gasteiger partial charge in [0.05, 0.1) is 5.56 Å². The van der Waals surface area contributed by atoms with Crippen LogP contribution in [-0.2, 0) is 6.18 Å². The predicted molar refractivity (Wildman–Crippen MR) is 71.1 cm³/mol. The first-order valence-electron chi connectivity index (χ1n) is 6.71. The Balaban J connectivity index is 2.00. The first-order valence-corrected chi connectivity index (χ1v) is 6.71. The number of amides is 2. The van der Waals surface area contributed by atoms with Crippen LogP contribution in [0.5, 0.6) is 5.75 Å². The van der Waals surface area contributed by atoms with E-state index in [1.165, 1.54) is 18.2 Å². The van der Waals surface area contributed by atoms with Crippen molar-refractivity contribution >= 4 is 6.03 Å². The van der Waals surface area contributed by atoms with Crippen LogP contribution < -0.4 is 10.1 Å². The molecule has 2 amide bonds. The van der Waals surface area contributed by atoms with Gasteiger partial charge in [0.25, 0.3) is 0 Å². The molecule has 1 heterocycles. The van der Waals surface area contributed by atoms with Gasteiger partial charge in [0, 0.05) is 33.0 Å². The van der Waals surface area contributed by atoms with Crippen molar-refractivity contribution in [1.29, 1.82) is 0 Å². The van der Waals surface area contributed by atoms with Gasteiger partial charge < -0.3 is 15.0 Å². The van der Waals surface area contributed by atoms with Crippen molar-refractivity contribution in [3.63, 3.8) is 0 Å². The van der Waals surface area contributed by atoms with Gasteiger partial charge >= 0.3 is 12.2 Å². The lowest BCUT2D eigenvalue weighted by Crippen LogP contribution is -2.45. The SMILES string of the molecule is CNC(=O)N1CCC(Oc2ccccc2C(F)(F)F)CC1. The van der Waals surface area contributed by atoms with Crippen molar-refractivity contribution in [2.45, 2.75) is 25.1 Å². The number of ether oxygens (including phenoxy) is 1. The molecule has 0 saturated carbocycles. The summed E-state index contributed by atoms with van der Waals surface area (Å²) in [6.45, 7) is 0.942. The highest BCUT2D eigenvalue weighted by atomic mass is 19.4. The van der Waals surface area contributed by atoms with E-state index in [0.717, 1.165) is 6.07 Å². The minimum absolute atomic E-state index is 0.150. The molecule has 1 N–H and O–H groups in total. The molecule has 0 radical (unpaired) electrons. The molecule has 21 heavy (non-hydrogen) atoms. The molecule has 0 aliphatic carbocycles. The van der Waals surface area contributed by atoms with Crippen molar-refractivity contribution in [3.05, 3.63) is 29.8 Å². The molecule has 1 aliphatic rings. The zero-order valence-electron chi connectivity index (χ0n) is 11.6. The Bertz CT molecular complexity index is 497. The second-order valence-electron chi connectivity index (χ2n) is 4.85. The van der Waals surface area contributed by atoms with Gasteiger partial charge in [-0.2, -0.15) is 13.2 Å². The maximum atomic E-state index is 12.9. The van der Waals surface area contributed by atoms with Crippen LogP contribution in [0.25, 0.3) is 0 Å². The quantitative estimate of drug-likeness (QED) is 0.912. The Kier molecular flexibility index (Phi) is 4.59. The molecule has 0 unspecified atom stereocenters. The Morgan fingerprint density at radius 3 is 2.48 bits per heavy atom. The van der Waals surface area contributed by atoms with Crippen molar-refractivity contribution < 1.29 is 22.7 Å². The Hall–Kier alpha value is -1.92. The lowest BCUT2D eigenvalue weighted by atomic mass is 10.1. The molecule has 1 fully saturated rings. The van der Waals surface area contributed by atoms with Gasteiger partial charge in [0.15, 0.2) is 0 Å². The van der Waals surface area contributed by atoms with Crippen molar-refractivity contribution in [2.75, 3.05) is 20.1 Å². The van der Waals surface area contributed by atoms with Gasteiger partial charge in [-0.25, -0.2) is 4.79 Å². The van der Waals surface area contributed by atoms with Crippen LogP contribution >= 0.6 is 0 Å². The van der Waals surface area contributed by atoms with Crippen LogP contribution in [0.2, 0.25) is 0 Å². The second-order valence-corrected chi connectivity index (χ2v) is 4.85. The van der Waals surface area contributed by atoms with Gasteiger partial charge in [-0.05, 0) is 12.1 Å². The lowest BCUT2D eigenvalue weighted by molar-refractivity contribution is -0.139. The molecule has 0 spiro atoms. The fourth-order valence-corrected chi connectivity index (χ4v) is 2.32. The van der Waals surface area contributed by atoms with E-state index < -0.39 is 11.7 Å². The minimum atomic E-state index is -4.43. The highest BCUT2D eigenvalue weighted by molar-refractivity contribution is 5.73. The number of urea groups is 1. The smallest absolute Gasteiger partial charge is 0.419 e. The largest absolute Gasteiger partial charge is 0.490 e. The standard InChI is InChI=1S/C14H17F3N2O2/c1-18-13(20)19-8-6-10(7-9-19)21-12-5-3-2-4-11(12)14(15,16)17/h2-5,10H,6-9H2,1H3,(H,18,20). The summed E-state index contributed by atoms with van der Waals surface area (Å²) >= 11 is 0. The second kappa shape index (κ2) is 6.24. The first-order chi connectivity index (χ1) is 9.91. The van der Waals surface area contributed by atoms with E-state index >= 15 is 0 Å². The van der Waals surface area contributed by atoms with Crippen molar-refractivity contribution in [3.8, 4) is 5.75 Å². The molecule has 1 aromatic carbocycles. The monoisotopic (exact) mass is 302 g/mol. The fraction of sp³-hybridized carbons (Fsp3) is 0.500. The zero-order chi connectivity index (χ0) is 15.5. The number of rotatable bonds is 2. The highest BCUT2D eigenvalue weighted by Crippen LogP contribution is 2.36. The number of carbonyl (C=O) groups is 1. The average Bonchev–Trinajstić information content (AvgIpc) is 2.47. The fourth-order valence-electron chi connectivity index (χ4n) is 2.32. The van der Waals surface area contributed by atoms with Crippen molar-refractivity contribution in [2.24, 2.45) is 0 Å². The number of para-hydroxylation sites is 1. The minimum Gasteiger partial charge on any atom is -0.490 e. The molecule has 4 nitrogen and oxygen atoms in total. The third-order valence-electron chi connectivity index (χ3n) is 3.43. The van der Waals surface area contributed by atoms with Crippen LogP contribution in [0.4, 0.5) is 18.0 Å². The summed E-state index contributed by atoms with van der Waals surface area (Å²) in [6.07, 6.45) is -3.71. The van der Waals surface area contributed by atoms with E-state index in [0.29, 0.717) is 25.9 Å². The Labute approximate surface area is 120 Å². The van der Waals surface area contributed by atoms with E-state index in [4.69, 9.17) is 4.74 Å². The van der Waals surface area contributed by atoms with Crippen LogP contribution in [0, 0.1) is 0 Å². The van der Waals surface area contributed by atoms with Gasteiger partial charge in [-0.3, -0.25) is 0 Å². The molecule has 0 atom stereocenters. The number of hydrogen-bond donors (Lipinski definition) is 1. The van der Waals surface area contributed by atoms with Crippen molar-refractivity contribution in [1.82, 2.24) is 10.2 Å². The summed E-state index contributed by atoms with van der Waals surface area (Å²) < 4.78 is 44.1. The predicted octanol–water partition coefficient (Wildman–Crippen LogP) is 2.89. The summed E-state index contributed by atoms with van der Waals surface area (Å²) in [5, 5.41) is 2.53. The topological polar surface area (TPSA) is 41.6 Å². The number of alkyl halides is 3. The Morgan fingerprint density at radius 2 is 1.90 bits per heavy atom. The molecule has 1 saturated heterocycles. The number of nitrogens with one attached hydrogen (secondary N) is 1. The maximum Gasteiger partial charge on any atom is 0.419 e. The molecule has 116 valence electrons. The van der Waals surface area contributed by atoms with Crippen LogP contribution in [-0.4, -0.2) is 37.2 Å².